The van der Waals surface area contributed by atoms with Gasteiger partial charge in [0.15, 0.2) is 0 Å². The molecule has 4 aromatic rings. The van der Waals surface area contributed by atoms with Crippen molar-refractivity contribution in [2.24, 2.45) is 0 Å². The van der Waals surface area contributed by atoms with Crippen molar-refractivity contribution >= 4 is 23.3 Å². The molecule has 0 fully saturated rings. The van der Waals surface area contributed by atoms with Gasteiger partial charge in [-0.25, -0.2) is 15.0 Å². The number of hydrogen-bond acceptors (Lipinski definition) is 8. The van der Waals surface area contributed by atoms with Crippen LogP contribution >= 0.6 is 11.3 Å². The lowest BCUT2D eigenvalue weighted by Crippen LogP contribution is -1.98. The molecule has 1 N–H and O–H groups in total. The molecule has 24 heavy (non-hydrogen) atoms. The largest absolute Gasteiger partial charge is 0.408 e. The molecular weight excluding hydrogens is 324 g/mol. The van der Waals surface area contributed by atoms with Crippen molar-refractivity contribution in [2.45, 2.75) is 6.92 Å². The minimum atomic E-state index is 0.257. The van der Waals surface area contributed by atoms with Crippen LogP contribution in [-0.2, 0) is 0 Å². The van der Waals surface area contributed by atoms with E-state index in [-0.39, 0.29) is 6.01 Å². The first-order valence-corrected chi connectivity index (χ1v) is 8.07. The van der Waals surface area contributed by atoms with Gasteiger partial charge in [-0.1, -0.05) is 35.4 Å². The van der Waals surface area contributed by atoms with Crippen LogP contribution in [0.5, 0.6) is 0 Å². The SMILES string of the molecule is Cc1nnc(Nc2nccc(-c3csc(-c4ccccc4)n3)n2)o1. The number of aryl methyl sites for hydroxylation is 1. The lowest BCUT2D eigenvalue weighted by Gasteiger charge is -2.01. The molecule has 1 aromatic carbocycles. The molecule has 7 nitrogen and oxygen atoms in total. The molecule has 0 aliphatic heterocycles. The molecular formula is C16H12N6OS. The molecule has 3 heterocycles. The molecule has 0 atom stereocenters. The third-order valence-corrected chi connectivity index (χ3v) is 4.08. The summed E-state index contributed by atoms with van der Waals surface area (Å²) in [5.41, 5.74) is 2.61. The van der Waals surface area contributed by atoms with E-state index < -0.39 is 0 Å². The second-order valence-electron chi connectivity index (χ2n) is 4.92. The van der Waals surface area contributed by atoms with Crippen molar-refractivity contribution in [2.75, 3.05) is 5.32 Å². The minimum absolute atomic E-state index is 0.257. The molecule has 118 valence electrons. The third kappa shape index (κ3) is 2.99. The molecule has 0 unspecified atom stereocenters. The zero-order chi connectivity index (χ0) is 16.4. The number of benzene rings is 1. The highest BCUT2D eigenvalue weighted by molar-refractivity contribution is 7.13. The Bertz CT molecular complexity index is 965. The predicted molar refractivity (Wildman–Crippen MR) is 90.9 cm³/mol. The average Bonchev–Trinajstić information content (AvgIpc) is 3.25. The number of thiazole rings is 1. The molecule has 3 aromatic heterocycles. The summed E-state index contributed by atoms with van der Waals surface area (Å²) in [7, 11) is 0. The Labute approximate surface area is 141 Å². The van der Waals surface area contributed by atoms with Crippen LogP contribution in [0.1, 0.15) is 5.89 Å². The fourth-order valence-corrected chi connectivity index (χ4v) is 2.93. The molecule has 0 spiro atoms. The molecule has 0 radical (unpaired) electrons. The van der Waals surface area contributed by atoms with Gasteiger partial charge in [0.2, 0.25) is 11.8 Å². The van der Waals surface area contributed by atoms with Crippen LogP contribution in [0.25, 0.3) is 22.0 Å². The first-order chi connectivity index (χ1) is 11.8. The predicted octanol–water partition coefficient (Wildman–Crippen LogP) is 3.70. The summed E-state index contributed by atoms with van der Waals surface area (Å²) in [6.07, 6.45) is 1.66. The number of aromatic nitrogens is 5. The summed E-state index contributed by atoms with van der Waals surface area (Å²) in [5.74, 6) is 0.853. The summed E-state index contributed by atoms with van der Waals surface area (Å²) in [6.45, 7) is 1.72. The highest BCUT2D eigenvalue weighted by Crippen LogP contribution is 2.28. The lowest BCUT2D eigenvalue weighted by atomic mass is 10.2. The summed E-state index contributed by atoms with van der Waals surface area (Å²) in [4.78, 5) is 13.3. The maximum Gasteiger partial charge on any atom is 0.322 e. The number of hydrogen-bond donors (Lipinski definition) is 1. The van der Waals surface area contributed by atoms with E-state index in [4.69, 9.17) is 4.42 Å². The molecule has 0 aliphatic rings. The van der Waals surface area contributed by atoms with Crippen LogP contribution < -0.4 is 5.32 Å². The van der Waals surface area contributed by atoms with Crippen molar-refractivity contribution in [3.63, 3.8) is 0 Å². The van der Waals surface area contributed by atoms with Gasteiger partial charge < -0.3 is 4.42 Å². The van der Waals surface area contributed by atoms with Crippen molar-refractivity contribution in [3.05, 3.63) is 53.9 Å². The van der Waals surface area contributed by atoms with E-state index in [9.17, 15) is 0 Å². The van der Waals surface area contributed by atoms with Crippen LogP contribution in [0.3, 0.4) is 0 Å². The second-order valence-corrected chi connectivity index (χ2v) is 5.78. The smallest absolute Gasteiger partial charge is 0.322 e. The maximum atomic E-state index is 5.27. The van der Waals surface area contributed by atoms with E-state index in [0.717, 1.165) is 22.0 Å². The van der Waals surface area contributed by atoms with Crippen LogP contribution in [0.2, 0.25) is 0 Å². The monoisotopic (exact) mass is 336 g/mol. The van der Waals surface area contributed by atoms with Gasteiger partial charge in [-0.3, -0.25) is 5.32 Å². The van der Waals surface area contributed by atoms with E-state index in [1.165, 1.54) is 0 Å². The Balaban J connectivity index is 1.61. The topological polar surface area (TPSA) is 89.6 Å². The van der Waals surface area contributed by atoms with Gasteiger partial charge in [-0.05, 0) is 6.07 Å². The fourth-order valence-electron chi connectivity index (χ4n) is 2.11. The Morgan fingerprint density at radius 2 is 1.88 bits per heavy atom. The zero-order valence-corrected chi connectivity index (χ0v) is 13.5. The standard InChI is InChI=1S/C16H12N6OS/c1-10-21-22-16(23-10)20-15-17-8-7-12(19-15)13-9-24-14(18-13)11-5-3-2-4-6-11/h2-9H,1H3,(H,17,19,20,22). The van der Waals surface area contributed by atoms with Crippen LogP contribution in [0.4, 0.5) is 12.0 Å². The van der Waals surface area contributed by atoms with Crippen molar-refractivity contribution in [1.82, 2.24) is 25.1 Å². The van der Waals surface area contributed by atoms with E-state index in [2.05, 4.69) is 30.5 Å². The molecule has 0 bridgehead atoms. The summed E-state index contributed by atoms with van der Waals surface area (Å²) >= 11 is 1.58. The van der Waals surface area contributed by atoms with Gasteiger partial charge in [-0.2, -0.15) is 0 Å². The Hall–Kier alpha value is -3.13. The minimum Gasteiger partial charge on any atom is -0.408 e. The van der Waals surface area contributed by atoms with Crippen LogP contribution in [0.15, 0.2) is 52.4 Å². The molecule has 4 rings (SSSR count). The molecule has 0 saturated carbocycles. The Kier molecular flexibility index (Phi) is 3.72. The highest BCUT2D eigenvalue weighted by Gasteiger charge is 2.10. The summed E-state index contributed by atoms with van der Waals surface area (Å²) in [6, 6.07) is 12.1. The average molecular weight is 336 g/mol. The molecule has 0 saturated heterocycles. The molecule has 8 heteroatoms. The first kappa shape index (κ1) is 14.5. The van der Waals surface area contributed by atoms with Gasteiger partial charge in [-0.15, -0.1) is 16.4 Å². The van der Waals surface area contributed by atoms with E-state index >= 15 is 0 Å². The Morgan fingerprint density at radius 1 is 1.00 bits per heavy atom. The van der Waals surface area contributed by atoms with Crippen LogP contribution in [-0.4, -0.2) is 25.1 Å². The Morgan fingerprint density at radius 3 is 2.67 bits per heavy atom. The van der Waals surface area contributed by atoms with E-state index in [1.54, 1.807) is 24.5 Å². The normalized spacial score (nSPS) is 10.7. The number of nitrogens with zero attached hydrogens (tertiary/aromatic N) is 5. The van der Waals surface area contributed by atoms with Gasteiger partial charge in [0.05, 0.1) is 5.69 Å². The van der Waals surface area contributed by atoms with Gasteiger partial charge in [0.25, 0.3) is 0 Å². The van der Waals surface area contributed by atoms with Crippen LogP contribution in [0, 0.1) is 6.92 Å². The van der Waals surface area contributed by atoms with Gasteiger partial charge >= 0.3 is 6.01 Å². The third-order valence-electron chi connectivity index (χ3n) is 3.19. The van der Waals surface area contributed by atoms with Crippen molar-refractivity contribution in [3.8, 4) is 22.0 Å². The highest BCUT2D eigenvalue weighted by atomic mass is 32.1. The second kappa shape index (κ2) is 6.17. The maximum absolute atomic E-state index is 5.27. The number of nitrogens with one attached hydrogen (secondary N) is 1. The van der Waals surface area contributed by atoms with Crippen molar-refractivity contribution in [1.29, 1.82) is 0 Å². The lowest BCUT2D eigenvalue weighted by molar-refractivity contribution is 0.535. The molecule has 0 aliphatic carbocycles. The first-order valence-electron chi connectivity index (χ1n) is 7.19. The fraction of sp³-hybridized carbons (Fsp3) is 0.0625. The van der Waals surface area contributed by atoms with E-state index in [1.807, 2.05) is 41.8 Å². The number of rotatable bonds is 4. The quantitative estimate of drug-likeness (QED) is 0.607. The summed E-state index contributed by atoms with van der Waals surface area (Å²) < 4.78 is 5.27. The zero-order valence-electron chi connectivity index (χ0n) is 12.7. The summed E-state index contributed by atoms with van der Waals surface area (Å²) in [5, 5.41) is 13.4. The van der Waals surface area contributed by atoms with Gasteiger partial charge in [0, 0.05) is 24.1 Å². The van der Waals surface area contributed by atoms with Gasteiger partial charge in [0.1, 0.15) is 10.7 Å². The van der Waals surface area contributed by atoms with Crippen molar-refractivity contribution < 1.29 is 4.42 Å². The van der Waals surface area contributed by atoms with E-state index in [0.29, 0.717) is 11.8 Å². The molecule has 0 amide bonds. The number of anilines is 2.